The lowest BCUT2D eigenvalue weighted by Gasteiger charge is -2.30. The number of hydrogen-bond donors (Lipinski definition) is 3. The van der Waals surface area contributed by atoms with Gasteiger partial charge in [0.25, 0.3) is 0 Å². The summed E-state index contributed by atoms with van der Waals surface area (Å²) < 4.78 is 0. The quantitative estimate of drug-likeness (QED) is 0.124. The molecule has 12 rings (SSSR count). The van der Waals surface area contributed by atoms with Gasteiger partial charge in [-0.15, -0.1) is 0 Å². The van der Waals surface area contributed by atoms with Crippen LogP contribution in [0.5, 0.6) is 0 Å². The first-order valence-electron chi connectivity index (χ1n) is 23.0. The zero-order valence-corrected chi connectivity index (χ0v) is 37.1. The van der Waals surface area contributed by atoms with Gasteiger partial charge in [-0.25, -0.2) is 0 Å². The molecule has 0 saturated carbocycles. The molecule has 4 heteroatoms. The van der Waals surface area contributed by atoms with E-state index in [-0.39, 0.29) is 0 Å². The Labute approximate surface area is 396 Å². The van der Waals surface area contributed by atoms with Crippen molar-refractivity contribution in [3.8, 4) is 22.3 Å². The maximum absolute atomic E-state index is 9.55. The summed E-state index contributed by atoms with van der Waals surface area (Å²) in [5.41, 5.74) is 21.4. The number of hydrogen-bond acceptors (Lipinski definition) is 4. The first kappa shape index (κ1) is 40.5. The molecule has 1 aliphatic heterocycles. The summed E-state index contributed by atoms with van der Waals surface area (Å²) in [6, 6.07) is 80.1. The number of allylic oxidation sites excluding steroid dienone is 2. The minimum Gasteiger partial charge on any atom is -0.354 e. The van der Waals surface area contributed by atoms with Crippen LogP contribution in [0.2, 0.25) is 0 Å². The molecule has 0 fully saturated rings. The molecule has 0 saturated heterocycles. The molecule has 2 aliphatic carbocycles. The van der Waals surface area contributed by atoms with Crippen LogP contribution in [0.15, 0.2) is 242 Å². The molecule has 3 aliphatic rings. The first-order valence-corrected chi connectivity index (χ1v) is 23.0. The predicted molar refractivity (Wildman–Crippen MR) is 282 cm³/mol. The van der Waals surface area contributed by atoms with Gasteiger partial charge in [0.05, 0.1) is 28.2 Å². The molecule has 1 spiro atoms. The van der Waals surface area contributed by atoms with E-state index in [0.29, 0.717) is 17.1 Å². The second-order valence-electron chi connectivity index (χ2n) is 17.5. The Bertz CT molecular complexity index is 3530. The number of aliphatic imine (C=N–C) groups is 1. The van der Waals surface area contributed by atoms with Crippen molar-refractivity contribution in [3.63, 3.8) is 0 Å². The Morgan fingerprint density at radius 2 is 0.941 bits per heavy atom. The van der Waals surface area contributed by atoms with Crippen molar-refractivity contribution >= 4 is 46.4 Å². The zero-order valence-electron chi connectivity index (χ0n) is 37.1. The number of rotatable bonds is 9. The van der Waals surface area contributed by atoms with E-state index in [1.807, 2.05) is 91.2 Å². The summed E-state index contributed by atoms with van der Waals surface area (Å²) >= 11 is 0. The minimum absolute atomic E-state index is 0.387. The average molecular weight is 869 g/mol. The average Bonchev–Trinajstić information content (AvgIpc) is 3.88. The van der Waals surface area contributed by atoms with Crippen molar-refractivity contribution in [1.82, 2.24) is 5.32 Å². The van der Waals surface area contributed by atoms with Crippen LogP contribution in [0.3, 0.4) is 0 Å². The van der Waals surface area contributed by atoms with Gasteiger partial charge in [0.1, 0.15) is 0 Å². The molecule has 4 nitrogen and oxygen atoms in total. The van der Waals surface area contributed by atoms with E-state index < -0.39 is 5.41 Å². The Hall–Kier alpha value is -8.99. The molecule has 9 aromatic carbocycles. The van der Waals surface area contributed by atoms with Gasteiger partial charge in [-0.3, -0.25) is 10.4 Å². The van der Waals surface area contributed by atoms with Crippen LogP contribution < -0.4 is 5.32 Å². The fourth-order valence-electron chi connectivity index (χ4n) is 10.5. The molecule has 3 N–H and O–H groups in total. The molecular weight excluding hydrogens is 825 g/mol. The first-order chi connectivity index (χ1) is 33.6. The number of nitrogens with zero attached hydrogens (tertiary/aromatic N) is 1. The van der Waals surface area contributed by atoms with Gasteiger partial charge in [0, 0.05) is 34.2 Å². The Kier molecular flexibility index (Phi) is 10.00. The second-order valence-corrected chi connectivity index (χ2v) is 17.5. The van der Waals surface area contributed by atoms with Crippen LogP contribution in [0.1, 0.15) is 66.8 Å². The van der Waals surface area contributed by atoms with Gasteiger partial charge in [-0.2, -0.15) is 0 Å². The molecule has 1 heterocycles. The standard InChI is InChI=1S/C64H44N4/c65-58(43-18-4-1-5-19-43)40-59(48-36-37-53-52-28-14-17-31-56(52)64(57(53)38-48)54-29-15-12-26-50(54)51-27-13-16-30-55(51)64)67-41-42-32-34-44(35-33-42)60-39-47-24-10-11-25-49(47)63(68-60)61(45-20-6-2-7-21-45)62(66)46-22-8-3-9-23-46/h1-41,65-66,68H/b59-40-,63-61-,65-58?,66-62?,67-41?. The van der Waals surface area contributed by atoms with Gasteiger partial charge in [0.2, 0.25) is 0 Å². The predicted octanol–water partition coefficient (Wildman–Crippen LogP) is 14.6. The largest absolute Gasteiger partial charge is 0.354 e. The summed E-state index contributed by atoms with van der Waals surface area (Å²) in [6.45, 7) is 0. The highest BCUT2D eigenvalue weighted by Crippen LogP contribution is 2.62. The third-order valence-corrected chi connectivity index (χ3v) is 13.6. The Morgan fingerprint density at radius 1 is 0.441 bits per heavy atom. The van der Waals surface area contributed by atoms with Gasteiger partial charge >= 0.3 is 0 Å². The van der Waals surface area contributed by atoms with Crippen molar-refractivity contribution in [2.45, 2.75) is 5.41 Å². The summed E-state index contributed by atoms with van der Waals surface area (Å²) in [7, 11) is 0. The summed E-state index contributed by atoms with van der Waals surface area (Å²) in [5, 5.41) is 22.6. The van der Waals surface area contributed by atoms with Crippen molar-refractivity contribution in [1.29, 1.82) is 10.8 Å². The van der Waals surface area contributed by atoms with E-state index in [1.54, 1.807) is 0 Å². The monoisotopic (exact) mass is 868 g/mol. The summed E-state index contributed by atoms with van der Waals surface area (Å²) in [5.74, 6) is 0. The van der Waals surface area contributed by atoms with E-state index in [9.17, 15) is 10.8 Å². The highest BCUT2D eigenvalue weighted by Gasteiger charge is 2.51. The fraction of sp³-hybridized carbons (Fsp3) is 0.0156. The van der Waals surface area contributed by atoms with E-state index in [4.69, 9.17) is 4.99 Å². The molecule has 0 bridgehead atoms. The van der Waals surface area contributed by atoms with Crippen LogP contribution in [-0.2, 0) is 5.41 Å². The fourth-order valence-corrected chi connectivity index (χ4v) is 10.5. The smallest absolute Gasteiger partial charge is 0.0725 e. The number of fused-ring (bicyclic) bond motifs is 11. The third kappa shape index (κ3) is 6.73. The second kappa shape index (κ2) is 16.8. The molecule has 9 aromatic rings. The van der Waals surface area contributed by atoms with E-state index in [1.165, 1.54) is 44.5 Å². The van der Waals surface area contributed by atoms with E-state index in [2.05, 4.69) is 163 Å². The molecule has 0 amide bonds. The minimum atomic E-state index is -0.492. The number of nitrogens with one attached hydrogen (secondary N) is 3. The lowest BCUT2D eigenvalue weighted by molar-refractivity contribution is 0.793. The summed E-state index contributed by atoms with van der Waals surface area (Å²) in [6.07, 6.45) is 5.99. The van der Waals surface area contributed by atoms with Crippen molar-refractivity contribution in [3.05, 3.63) is 303 Å². The molecule has 320 valence electrons. The van der Waals surface area contributed by atoms with Crippen molar-refractivity contribution in [2.24, 2.45) is 4.99 Å². The highest BCUT2D eigenvalue weighted by molar-refractivity contribution is 6.36. The highest BCUT2D eigenvalue weighted by atomic mass is 14.9. The lowest BCUT2D eigenvalue weighted by Crippen LogP contribution is -2.25. The van der Waals surface area contributed by atoms with Crippen LogP contribution in [0, 0.1) is 10.8 Å². The van der Waals surface area contributed by atoms with Crippen LogP contribution in [-0.4, -0.2) is 17.6 Å². The number of benzene rings is 9. The van der Waals surface area contributed by atoms with Crippen LogP contribution in [0.25, 0.3) is 51.0 Å². The summed E-state index contributed by atoms with van der Waals surface area (Å²) in [4.78, 5) is 5.23. The van der Waals surface area contributed by atoms with Crippen LogP contribution in [0.4, 0.5) is 0 Å². The van der Waals surface area contributed by atoms with Gasteiger partial charge in [0.15, 0.2) is 0 Å². The molecule has 68 heavy (non-hydrogen) atoms. The molecule has 0 aromatic heterocycles. The third-order valence-electron chi connectivity index (χ3n) is 13.6. The van der Waals surface area contributed by atoms with Crippen molar-refractivity contribution in [2.75, 3.05) is 0 Å². The maximum Gasteiger partial charge on any atom is 0.0725 e. The maximum atomic E-state index is 9.55. The zero-order chi connectivity index (χ0) is 45.6. The van der Waals surface area contributed by atoms with E-state index >= 15 is 0 Å². The molecular formula is C64H44N4. The Morgan fingerprint density at radius 3 is 1.54 bits per heavy atom. The van der Waals surface area contributed by atoms with Gasteiger partial charge < -0.3 is 10.7 Å². The normalized spacial score (nSPS) is 14.5. The van der Waals surface area contributed by atoms with Gasteiger partial charge in [-0.1, -0.05) is 224 Å². The molecule has 0 unspecified atom stereocenters. The molecule has 0 atom stereocenters. The van der Waals surface area contributed by atoms with Crippen molar-refractivity contribution < 1.29 is 0 Å². The van der Waals surface area contributed by atoms with Crippen LogP contribution >= 0.6 is 0 Å². The van der Waals surface area contributed by atoms with Gasteiger partial charge in [-0.05, 0) is 90.5 Å². The topological polar surface area (TPSA) is 72.1 Å². The molecule has 0 radical (unpaired) electrons. The Balaban J connectivity index is 0.937. The SMILES string of the molecule is N=C(/C=C(\N=Cc1ccc(C2=Cc3ccccc3/C(=C(/C(=N)c3ccccc3)c3ccccc3)N2)cc1)c1ccc2c(c1)C1(c3ccccc3-c3ccccc31)c1ccccc1-2)c1ccccc1. The lowest BCUT2D eigenvalue weighted by atomic mass is 9.70. The van der Waals surface area contributed by atoms with E-state index in [0.717, 1.165) is 61.5 Å².